The van der Waals surface area contributed by atoms with Crippen molar-refractivity contribution in [3.8, 4) is 0 Å². The van der Waals surface area contributed by atoms with E-state index in [1.807, 2.05) is 0 Å². The number of amides is 1. The molecule has 0 radical (unpaired) electrons. The van der Waals surface area contributed by atoms with E-state index in [1.54, 1.807) is 0 Å². The zero-order valence-corrected chi connectivity index (χ0v) is 10.2. The van der Waals surface area contributed by atoms with Gasteiger partial charge < -0.3 is 4.90 Å². The van der Waals surface area contributed by atoms with Crippen molar-refractivity contribution in [2.75, 3.05) is 0 Å². The molecule has 0 bridgehead atoms. The van der Waals surface area contributed by atoms with Gasteiger partial charge in [-0.25, -0.2) is 0 Å². The maximum Gasteiger partial charge on any atom is 0.241 e. The average Bonchev–Trinajstić information content (AvgIpc) is 2.38. The Morgan fingerprint density at radius 2 is 1.93 bits per heavy atom. The third kappa shape index (κ3) is 1.78. The minimum absolute atomic E-state index is 0.0379. The first kappa shape index (κ1) is 10.9. The second-order valence-corrected chi connectivity index (χ2v) is 5.54. The van der Waals surface area contributed by atoms with E-state index in [1.165, 1.54) is 12.8 Å². The van der Waals surface area contributed by atoms with E-state index in [0.29, 0.717) is 17.9 Å². The Labute approximate surface area is 92.2 Å². The summed E-state index contributed by atoms with van der Waals surface area (Å²) >= 11 is 0. The van der Waals surface area contributed by atoms with Gasteiger partial charge in [0.05, 0.1) is 12.2 Å². The summed E-state index contributed by atoms with van der Waals surface area (Å²) in [4.78, 5) is 14.2. The van der Waals surface area contributed by atoms with Crippen molar-refractivity contribution >= 4 is 5.91 Å². The van der Waals surface area contributed by atoms with E-state index < -0.39 is 0 Å². The molecule has 0 aromatic carbocycles. The molecule has 3 heteroatoms. The molecule has 0 spiro atoms. The molecule has 1 amide bonds. The molecular formula is C12H22N2O. The fraction of sp³-hybridized carbons (Fsp3) is 0.917. The van der Waals surface area contributed by atoms with Crippen molar-refractivity contribution in [2.24, 2.45) is 11.8 Å². The SMILES string of the molecule is CC1CC(N2C(=O)C(C(C)C)NC2C)C1. The van der Waals surface area contributed by atoms with Crippen LogP contribution in [-0.4, -0.2) is 29.1 Å². The van der Waals surface area contributed by atoms with Gasteiger partial charge in [0.1, 0.15) is 0 Å². The van der Waals surface area contributed by atoms with Gasteiger partial charge in [-0.2, -0.15) is 0 Å². The normalized spacial score (nSPS) is 41.1. The summed E-state index contributed by atoms with van der Waals surface area (Å²) in [6.45, 7) is 8.57. The van der Waals surface area contributed by atoms with Gasteiger partial charge in [-0.15, -0.1) is 0 Å². The van der Waals surface area contributed by atoms with Crippen molar-refractivity contribution in [2.45, 2.75) is 58.8 Å². The highest BCUT2D eigenvalue weighted by atomic mass is 16.2. The number of carbonyl (C=O) groups is 1. The highest BCUT2D eigenvalue weighted by molar-refractivity contribution is 5.85. The van der Waals surface area contributed by atoms with Crippen molar-refractivity contribution in [1.29, 1.82) is 0 Å². The van der Waals surface area contributed by atoms with Gasteiger partial charge in [-0.3, -0.25) is 10.1 Å². The Hall–Kier alpha value is -0.570. The maximum atomic E-state index is 12.2. The fourth-order valence-corrected chi connectivity index (χ4v) is 2.82. The van der Waals surface area contributed by atoms with Gasteiger partial charge in [0.15, 0.2) is 0 Å². The molecule has 1 aliphatic heterocycles. The van der Waals surface area contributed by atoms with Gasteiger partial charge in [-0.1, -0.05) is 20.8 Å². The quantitative estimate of drug-likeness (QED) is 0.750. The van der Waals surface area contributed by atoms with Crippen molar-refractivity contribution in [1.82, 2.24) is 10.2 Å². The first-order valence-electron chi connectivity index (χ1n) is 6.09. The summed E-state index contributed by atoms with van der Waals surface area (Å²) in [5.41, 5.74) is 0. The largest absolute Gasteiger partial charge is 0.323 e. The fourth-order valence-electron chi connectivity index (χ4n) is 2.82. The molecule has 2 fully saturated rings. The number of hydrogen-bond acceptors (Lipinski definition) is 2. The standard InChI is InChI=1S/C12H22N2O/c1-7(2)11-12(15)14(9(4)13-11)10-5-8(3)6-10/h7-11,13H,5-6H2,1-4H3. The van der Waals surface area contributed by atoms with Crippen LogP contribution in [-0.2, 0) is 4.79 Å². The predicted molar refractivity (Wildman–Crippen MR) is 60.3 cm³/mol. The van der Waals surface area contributed by atoms with E-state index >= 15 is 0 Å². The summed E-state index contributed by atoms with van der Waals surface area (Å²) < 4.78 is 0. The second kappa shape index (κ2) is 3.78. The van der Waals surface area contributed by atoms with Crippen LogP contribution in [0, 0.1) is 11.8 Å². The van der Waals surface area contributed by atoms with E-state index in [9.17, 15) is 4.79 Å². The van der Waals surface area contributed by atoms with Crippen LogP contribution in [0.5, 0.6) is 0 Å². The molecule has 15 heavy (non-hydrogen) atoms. The molecule has 2 rings (SSSR count). The second-order valence-electron chi connectivity index (χ2n) is 5.54. The topological polar surface area (TPSA) is 32.3 Å². The monoisotopic (exact) mass is 210 g/mol. The lowest BCUT2D eigenvalue weighted by Gasteiger charge is -2.41. The highest BCUT2D eigenvalue weighted by Crippen LogP contribution is 2.34. The van der Waals surface area contributed by atoms with E-state index in [2.05, 4.69) is 37.9 Å². The molecule has 86 valence electrons. The number of nitrogens with one attached hydrogen (secondary N) is 1. The first-order chi connectivity index (χ1) is 7.00. The minimum atomic E-state index is 0.0379. The lowest BCUT2D eigenvalue weighted by Crippen LogP contribution is -2.49. The lowest BCUT2D eigenvalue weighted by molar-refractivity contribution is -0.135. The zero-order chi connectivity index (χ0) is 11.2. The van der Waals surface area contributed by atoms with Crippen LogP contribution in [0.25, 0.3) is 0 Å². The van der Waals surface area contributed by atoms with Crippen molar-refractivity contribution < 1.29 is 4.79 Å². The number of nitrogens with zero attached hydrogens (tertiary/aromatic N) is 1. The number of carbonyl (C=O) groups excluding carboxylic acids is 1. The van der Waals surface area contributed by atoms with Crippen LogP contribution < -0.4 is 5.32 Å². The molecule has 3 nitrogen and oxygen atoms in total. The molecular weight excluding hydrogens is 188 g/mol. The molecule has 1 saturated carbocycles. The van der Waals surface area contributed by atoms with Crippen LogP contribution in [0.2, 0.25) is 0 Å². The summed E-state index contributed by atoms with van der Waals surface area (Å²) in [7, 11) is 0. The summed E-state index contributed by atoms with van der Waals surface area (Å²) in [6.07, 6.45) is 2.59. The maximum absolute atomic E-state index is 12.2. The molecule has 2 aliphatic rings. The van der Waals surface area contributed by atoms with E-state index in [4.69, 9.17) is 0 Å². The van der Waals surface area contributed by atoms with Crippen LogP contribution in [0.15, 0.2) is 0 Å². The third-order valence-corrected chi connectivity index (χ3v) is 3.77. The van der Waals surface area contributed by atoms with Gasteiger partial charge in [0, 0.05) is 6.04 Å². The lowest BCUT2D eigenvalue weighted by atomic mass is 9.80. The van der Waals surface area contributed by atoms with E-state index in [0.717, 1.165) is 5.92 Å². The minimum Gasteiger partial charge on any atom is -0.323 e. The van der Waals surface area contributed by atoms with Crippen LogP contribution in [0.4, 0.5) is 0 Å². The summed E-state index contributed by atoms with van der Waals surface area (Å²) in [5.74, 6) is 1.50. The zero-order valence-electron chi connectivity index (χ0n) is 10.2. The van der Waals surface area contributed by atoms with Gasteiger partial charge in [0.2, 0.25) is 5.91 Å². The first-order valence-corrected chi connectivity index (χ1v) is 6.09. The van der Waals surface area contributed by atoms with Crippen LogP contribution in [0.1, 0.15) is 40.5 Å². The number of rotatable bonds is 2. The highest BCUT2D eigenvalue weighted by Gasteiger charge is 2.44. The van der Waals surface area contributed by atoms with Crippen molar-refractivity contribution in [3.05, 3.63) is 0 Å². The Morgan fingerprint density at radius 1 is 1.33 bits per heavy atom. The Bertz CT molecular complexity index is 258. The van der Waals surface area contributed by atoms with Gasteiger partial charge in [-0.05, 0) is 31.6 Å². The van der Waals surface area contributed by atoms with Crippen LogP contribution in [0.3, 0.4) is 0 Å². The molecule has 1 saturated heterocycles. The van der Waals surface area contributed by atoms with Gasteiger partial charge in [0.25, 0.3) is 0 Å². The molecule has 1 N–H and O–H groups in total. The van der Waals surface area contributed by atoms with Gasteiger partial charge >= 0.3 is 0 Å². The van der Waals surface area contributed by atoms with E-state index in [-0.39, 0.29) is 12.2 Å². The molecule has 0 aromatic rings. The number of hydrogen-bond donors (Lipinski definition) is 1. The molecule has 2 unspecified atom stereocenters. The Kier molecular flexibility index (Phi) is 2.75. The third-order valence-electron chi connectivity index (χ3n) is 3.77. The molecule has 0 aromatic heterocycles. The molecule has 1 heterocycles. The molecule has 1 aliphatic carbocycles. The predicted octanol–water partition coefficient (Wildman–Crippen LogP) is 1.59. The van der Waals surface area contributed by atoms with Crippen LogP contribution >= 0.6 is 0 Å². The Balaban J connectivity index is 2.03. The smallest absolute Gasteiger partial charge is 0.241 e. The average molecular weight is 210 g/mol. The molecule has 2 atom stereocenters. The van der Waals surface area contributed by atoms with Crippen molar-refractivity contribution in [3.63, 3.8) is 0 Å². The summed E-state index contributed by atoms with van der Waals surface area (Å²) in [6, 6.07) is 0.537. The Morgan fingerprint density at radius 3 is 2.33 bits per heavy atom. The summed E-state index contributed by atoms with van der Waals surface area (Å²) in [5, 5.41) is 3.39.